The van der Waals surface area contributed by atoms with Crippen LogP contribution in [-0.4, -0.2) is 50.7 Å². The van der Waals surface area contributed by atoms with Crippen LogP contribution in [0.15, 0.2) is 30.5 Å². The number of aromatic nitrogens is 1. The lowest BCUT2D eigenvalue weighted by Crippen LogP contribution is -2.40. The maximum absolute atomic E-state index is 12.2. The first-order valence-electron chi connectivity index (χ1n) is 7.54. The fourth-order valence-corrected chi connectivity index (χ4v) is 4.49. The fraction of sp³-hybridized carbons (Fsp3) is 0.400. The molecule has 2 aromatic rings. The topological polar surface area (TPSA) is 62.3 Å². The lowest BCUT2D eigenvalue weighted by molar-refractivity contribution is -0.115. The summed E-state index contributed by atoms with van der Waals surface area (Å²) < 4.78 is 59.6. The number of nitrogens with one attached hydrogen (secondary N) is 1. The highest BCUT2D eigenvalue weighted by Crippen LogP contribution is 2.31. The van der Waals surface area contributed by atoms with E-state index in [2.05, 4.69) is 10.3 Å². The Balaban J connectivity index is 1.66. The van der Waals surface area contributed by atoms with Crippen molar-refractivity contribution in [1.29, 1.82) is 0 Å². The summed E-state index contributed by atoms with van der Waals surface area (Å²) >= 11 is 1.15. The van der Waals surface area contributed by atoms with Gasteiger partial charge in [0.2, 0.25) is 0 Å². The van der Waals surface area contributed by atoms with Gasteiger partial charge < -0.3 is 10.2 Å². The third-order valence-electron chi connectivity index (χ3n) is 3.81. The second-order valence-electron chi connectivity index (χ2n) is 5.68. The van der Waals surface area contributed by atoms with E-state index in [9.17, 15) is 21.6 Å². The summed E-state index contributed by atoms with van der Waals surface area (Å²) in [5.74, 6) is 0.301. The van der Waals surface area contributed by atoms with Gasteiger partial charge in [0.15, 0.2) is 15.0 Å². The minimum Gasteiger partial charge on any atom is -0.369 e. The largest absolute Gasteiger partial charge is 0.405 e. The molecule has 25 heavy (non-hydrogen) atoms. The molecule has 0 amide bonds. The maximum Gasteiger partial charge on any atom is 0.405 e. The molecule has 10 heteroatoms. The van der Waals surface area contributed by atoms with Crippen LogP contribution in [-0.2, 0) is 9.84 Å². The van der Waals surface area contributed by atoms with E-state index in [-0.39, 0.29) is 16.6 Å². The lowest BCUT2D eigenvalue weighted by atomic mass is 10.2. The molecule has 0 unspecified atom stereocenters. The van der Waals surface area contributed by atoms with Crippen LogP contribution in [0.25, 0.3) is 10.4 Å². The molecule has 1 saturated heterocycles. The van der Waals surface area contributed by atoms with Crippen LogP contribution in [0.3, 0.4) is 0 Å². The standard InChI is InChI=1S/C15H16F3N3O2S2/c16-15(17,18)10-20-14-19-9-13(24-14)11-1-3-12(4-2-11)21-5-7-25(22,23)8-6-21/h1-4,9H,5-8,10H2,(H,19,20). The van der Waals surface area contributed by atoms with Crippen LogP contribution in [0, 0.1) is 0 Å². The predicted octanol–water partition coefficient (Wildman–Crippen LogP) is 3.02. The summed E-state index contributed by atoms with van der Waals surface area (Å²) in [6.07, 6.45) is -2.75. The fourth-order valence-electron chi connectivity index (χ4n) is 2.47. The smallest absolute Gasteiger partial charge is 0.369 e. The second-order valence-corrected chi connectivity index (χ2v) is 9.02. The van der Waals surface area contributed by atoms with E-state index in [0.29, 0.717) is 13.1 Å². The highest BCUT2D eigenvalue weighted by Gasteiger charge is 2.27. The molecular weight excluding hydrogens is 375 g/mol. The molecule has 3 rings (SSSR count). The summed E-state index contributed by atoms with van der Waals surface area (Å²) in [5.41, 5.74) is 1.78. The molecule has 1 aliphatic rings. The van der Waals surface area contributed by atoms with Crippen LogP contribution >= 0.6 is 11.3 Å². The molecule has 1 N–H and O–H groups in total. The van der Waals surface area contributed by atoms with Gasteiger partial charge >= 0.3 is 6.18 Å². The number of hydrogen-bond donors (Lipinski definition) is 1. The van der Waals surface area contributed by atoms with E-state index < -0.39 is 22.6 Å². The highest BCUT2D eigenvalue weighted by atomic mass is 32.2. The maximum atomic E-state index is 12.2. The van der Waals surface area contributed by atoms with E-state index in [1.54, 1.807) is 0 Å². The van der Waals surface area contributed by atoms with E-state index >= 15 is 0 Å². The summed E-state index contributed by atoms with van der Waals surface area (Å²) in [5, 5.41) is 2.48. The van der Waals surface area contributed by atoms with Gasteiger partial charge in [-0.25, -0.2) is 13.4 Å². The molecule has 0 saturated carbocycles. The van der Waals surface area contributed by atoms with Gasteiger partial charge in [-0.2, -0.15) is 13.2 Å². The number of anilines is 2. The Bertz CT molecular complexity index is 818. The Kier molecular flexibility index (Phi) is 4.92. The van der Waals surface area contributed by atoms with Crippen molar-refractivity contribution in [3.8, 4) is 10.4 Å². The number of rotatable bonds is 4. The molecule has 0 radical (unpaired) electrons. The Hall–Kier alpha value is -1.81. The third-order valence-corrected chi connectivity index (χ3v) is 6.42. The van der Waals surface area contributed by atoms with Crippen molar-refractivity contribution in [1.82, 2.24) is 4.98 Å². The third kappa shape index (κ3) is 4.85. The Morgan fingerprint density at radius 1 is 1.16 bits per heavy atom. The van der Waals surface area contributed by atoms with Gasteiger partial charge in [0.05, 0.1) is 16.4 Å². The minimum atomic E-state index is -4.28. The number of alkyl halides is 3. The second kappa shape index (κ2) is 6.83. The van der Waals surface area contributed by atoms with E-state index in [1.807, 2.05) is 29.2 Å². The van der Waals surface area contributed by atoms with Crippen molar-refractivity contribution in [2.75, 3.05) is 41.4 Å². The molecule has 2 heterocycles. The van der Waals surface area contributed by atoms with Crippen molar-refractivity contribution >= 4 is 32.0 Å². The van der Waals surface area contributed by atoms with Crippen LogP contribution in [0.4, 0.5) is 24.0 Å². The summed E-state index contributed by atoms with van der Waals surface area (Å²) in [6, 6.07) is 7.49. The van der Waals surface area contributed by atoms with E-state index in [4.69, 9.17) is 0 Å². The van der Waals surface area contributed by atoms with Crippen molar-refractivity contribution in [2.24, 2.45) is 0 Å². The molecule has 1 aliphatic heterocycles. The Morgan fingerprint density at radius 3 is 2.40 bits per heavy atom. The highest BCUT2D eigenvalue weighted by molar-refractivity contribution is 7.91. The molecule has 136 valence electrons. The molecule has 0 aliphatic carbocycles. The quantitative estimate of drug-likeness (QED) is 0.868. The normalized spacial score (nSPS) is 17.5. The van der Waals surface area contributed by atoms with Crippen LogP contribution in [0.5, 0.6) is 0 Å². The number of hydrogen-bond acceptors (Lipinski definition) is 6. The number of benzene rings is 1. The monoisotopic (exact) mass is 391 g/mol. The molecule has 0 bridgehead atoms. The van der Waals surface area contributed by atoms with Crippen molar-refractivity contribution in [3.63, 3.8) is 0 Å². The van der Waals surface area contributed by atoms with Crippen LogP contribution < -0.4 is 10.2 Å². The molecular formula is C15H16F3N3O2S2. The molecule has 1 fully saturated rings. The molecule has 1 aromatic carbocycles. The zero-order valence-electron chi connectivity index (χ0n) is 13.1. The van der Waals surface area contributed by atoms with E-state index in [1.165, 1.54) is 6.20 Å². The van der Waals surface area contributed by atoms with Crippen molar-refractivity contribution in [3.05, 3.63) is 30.5 Å². The van der Waals surface area contributed by atoms with E-state index in [0.717, 1.165) is 27.5 Å². The Morgan fingerprint density at radius 2 is 1.80 bits per heavy atom. The van der Waals surface area contributed by atoms with Crippen LogP contribution in [0.2, 0.25) is 0 Å². The van der Waals surface area contributed by atoms with Gasteiger partial charge in [-0.3, -0.25) is 0 Å². The predicted molar refractivity (Wildman–Crippen MR) is 93.0 cm³/mol. The first kappa shape index (κ1) is 18.0. The average molecular weight is 391 g/mol. The lowest BCUT2D eigenvalue weighted by Gasteiger charge is -2.28. The zero-order valence-corrected chi connectivity index (χ0v) is 14.7. The molecule has 0 spiro atoms. The first-order valence-corrected chi connectivity index (χ1v) is 10.2. The number of halogens is 3. The van der Waals surface area contributed by atoms with Gasteiger partial charge in [-0.05, 0) is 17.7 Å². The number of thiazole rings is 1. The van der Waals surface area contributed by atoms with Gasteiger partial charge in [-0.15, -0.1) is 0 Å². The SMILES string of the molecule is O=S1(=O)CCN(c2ccc(-c3cnc(NCC(F)(F)F)s3)cc2)CC1. The van der Waals surface area contributed by atoms with Crippen molar-refractivity contribution in [2.45, 2.75) is 6.18 Å². The molecule has 0 atom stereocenters. The number of sulfone groups is 1. The zero-order chi connectivity index (χ0) is 18.1. The van der Waals surface area contributed by atoms with Gasteiger partial charge in [-0.1, -0.05) is 23.5 Å². The summed E-state index contributed by atoms with van der Waals surface area (Å²) in [4.78, 5) is 6.72. The summed E-state index contributed by atoms with van der Waals surface area (Å²) in [6.45, 7) is -0.182. The minimum absolute atomic E-state index is 0.151. The number of nitrogens with zero attached hydrogens (tertiary/aromatic N) is 2. The Labute approximate surface area is 147 Å². The van der Waals surface area contributed by atoms with Gasteiger partial charge in [0.25, 0.3) is 0 Å². The van der Waals surface area contributed by atoms with Gasteiger partial charge in [0.1, 0.15) is 6.54 Å². The van der Waals surface area contributed by atoms with Crippen LogP contribution in [0.1, 0.15) is 0 Å². The molecule has 1 aromatic heterocycles. The summed E-state index contributed by atoms with van der Waals surface area (Å²) in [7, 11) is -2.92. The molecule has 5 nitrogen and oxygen atoms in total. The van der Waals surface area contributed by atoms with Crippen molar-refractivity contribution < 1.29 is 21.6 Å². The van der Waals surface area contributed by atoms with Gasteiger partial charge in [0, 0.05) is 25.0 Å². The first-order chi connectivity index (χ1) is 11.7. The average Bonchev–Trinajstić information content (AvgIpc) is 3.02.